The molecule has 2 heterocycles. The van der Waals surface area contributed by atoms with Gasteiger partial charge in [-0.1, -0.05) is 85.2 Å². The molecule has 0 spiro atoms. The molecule has 4 unspecified atom stereocenters. The lowest BCUT2D eigenvalue weighted by atomic mass is 9.94. The summed E-state index contributed by atoms with van der Waals surface area (Å²) in [4.78, 5) is 36.3. The smallest absolute Gasteiger partial charge is 0.418 e. The van der Waals surface area contributed by atoms with Crippen LogP contribution >= 0.6 is 46.4 Å². The number of rotatable bonds is 20. The van der Waals surface area contributed by atoms with Gasteiger partial charge in [0.05, 0.1) is 13.1 Å². The molecule has 0 saturated carbocycles. The summed E-state index contributed by atoms with van der Waals surface area (Å²) < 4.78 is 42.3. The summed E-state index contributed by atoms with van der Waals surface area (Å²) in [6.07, 6.45) is 10.2. The van der Waals surface area contributed by atoms with Crippen molar-refractivity contribution in [2.24, 2.45) is 0 Å². The number of unbranched alkanes of at least 4 members (excludes halogenated alkanes) is 4. The van der Waals surface area contributed by atoms with Crippen LogP contribution in [0.15, 0.2) is 61.7 Å². The number of hydrogen-bond donors (Lipinski definition) is 0. The Hall–Kier alpha value is -2.56. The zero-order valence-electron chi connectivity index (χ0n) is 28.7. The Labute approximate surface area is 329 Å². The molecule has 2 aromatic carbocycles. The molecule has 0 radical (unpaired) electrons. The van der Waals surface area contributed by atoms with E-state index < -0.39 is 45.5 Å². The molecule has 0 saturated heterocycles. The summed E-state index contributed by atoms with van der Waals surface area (Å²) in [5.41, 5.74) is -3.13. The van der Waals surface area contributed by atoms with Crippen molar-refractivity contribution in [3.8, 4) is 0 Å². The molecule has 4 rings (SSSR count). The molecule has 4 aromatic rings. The maximum absolute atomic E-state index is 14.2. The molecule has 282 valence electrons. The highest BCUT2D eigenvalue weighted by atomic mass is 35.5. The molecule has 2 aromatic heterocycles. The minimum atomic E-state index is -1.81. The van der Waals surface area contributed by atoms with Crippen molar-refractivity contribution < 1.29 is 28.2 Å². The third-order valence-electron chi connectivity index (χ3n) is 8.09. The number of nitrogens with zero attached hydrogens (tertiary/aromatic N) is 6. The lowest BCUT2D eigenvalue weighted by molar-refractivity contribution is -0.187. The maximum Gasteiger partial charge on any atom is 0.418 e. The van der Waals surface area contributed by atoms with Crippen molar-refractivity contribution in [2.75, 3.05) is 23.0 Å². The molecule has 4 atom stereocenters. The van der Waals surface area contributed by atoms with E-state index in [0.717, 1.165) is 25.7 Å². The Kier molecular flexibility index (Phi) is 16.4. The summed E-state index contributed by atoms with van der Waals surface area (Å²) in [6.45, 7) is 3.64. The van der Waals surface area contributed by atoms with E-state index in [4.69, 9.17) is 55.9 Å². The molecule has 0 aliphatic carbocycles. The Bertz CT molecular complexity index is 1620. The summed E-state index contributed by atoms with van der Waals surface area (Å²) in [6, 6.07) is 9.10. The quantitative estimate of drug-likeness (QED) is 0.0395. The summed E-state index contributed by atoms with van der Waals surface area (Å²) in [5.74, 6) is -2.74. The number of halogens is 4. The van der Waals surface area contributed by atoms with Gasteiger partial charge in [0.15, 0.2) is 11.5 Å². The van der Waals surface area contributed by atoms with Gasteiger partial charge < -0.3 is 18.6 Å². The van der Waals surface area contributed by atoms with Crippen LogP contribution in [-0.4, -0.2) is 73.6 Å². The number of aromatic nitrogens is 6. The van der Waals surface area contributed by atoms with E-state index in [9.17, 15) is 18.7 Å². The Morgan fingerprint density at radius 3 is 1.42 bits per heavy atom. The third kappa shape index (κ3) is 11.7. The molecule has 0 fully saturated rings. The van der Waals surface area contributed by atoms with Crippen molar-refractivity contribution in [1.82, 2.24) is 29.5 Å². The van der Waals surface area contributed by atoms with Crippen LogP contribution in [0.1, 0.15) is 63.5 Å². The molecule has 0 aliphatic rings. The Morgan fingerprint density at radius 2 is 1.10 bits per heavy atom. The first kappa shape index (κ1) is 42.2. The first-order valence-corrected chi connectivity index (χ1v) is 21.1. The second kappa shape index (κ2) is 20.2. The van der Waals surface area contributed by atoms with Gasteiger partial charge >= 0.3 is 11.9 Å². The Balaban J connectivity index is 1.79. The zero-order valence-corrected chi connectivity index (χ0v) is 33.4. The number of benzene rings is 2. The van der Waals surface area contributed by atoms with Crippen molar-refractivity contribution in [1.29, 1.82) is 0 Å². The number of hydrogen-bond acceptors (Lipinski definition) is 10. The van der Waals surface area contributed by atoms with Crippen LogP contribution in [0.2, 0.25) is 20.1 Å². The van der Waals surface area contributed by atoms with Gasteiger partial charge in [-0.2, -0.15) is 10.2 Å². The number of carbonyl (C=O) groups excluding carboxylic acids is 2. The summed E-state index contributed by atoms with van der Waals surface area (Å²) in [7, 11) is 0. The molecule has 0 bridgehead atoms. The SMILES string of the molecule is CCCCC[S+]([O-])CC(Cn1cncn1)(OC(=O)C(=O)OC(Cn1cncn1)(C[S+]([O-])CCCCC)c1ccc(Cl)cc1Cl)c1ccc(Cl)cc1Cl. The van der Waals surface area contributed by atoms with E-state index in [1.165, 1.54) is 46.8 Å². The van der Waals surface area contributed by atoms with Crippen LogP contribution < -0.4 is 0 Å². The van der Waals surface area contributed by atoms with Gasteiger partial charge in [0.25, 0.3) is 0 Å². The second-order valence-corrected chi connectivity index (χ2v) is 17.0. The molecular weight excluding hydrogens is 794 g/mol. The summed E-state index contributed by atoms with van der Waals surface area (Å²) >= 11 is 22.8. The normalized spacial score (nSPS) is 15.0. The minimum absolute atomic E-state index is 0.107. The predicted molar refractivity (Wildman–Crippen MR) is 203 cm³/mol. The maximum atomic E-state index is 14.2. The standard InChI is InChI=1S/C34H40Cl4N6O6S2/c1-3-5-7-13-51(47)19-33(17-43-23-39-21-41-43,27-11-9-25(35)15-29(27)37)49-31(45)32(46)50-34(18-44-24-40-22-42-44,20-52(48)14-8-6-4-2)28-12-10-26(36)16-30(28)38/h9-12,15-16,21-24H,3-8,13-14,17-20H2,1-2H3. The molecule has 0 aliphatic heterocycles. The number of carbonyl (C=O) groups is 2. The van der Waals surface area contributed by atoms with E-state index >= 15 is 0 Å². The second-order valence-electron chi connectivity index (χ2n) is 12.2. The fraction of sp³-hybridized carbons (Fsp3) is 0.471. The fourth-order valence-corrected chi connectivity index (χ4v) is 9.80. The number of ether oxygens (including phenoxy) is 2. The van der Waals surface area contributed by atoms with Gasteiger partial charge in [0, 0.05) is 31.2 Å². The fourth-order valence-electron chi connectivity index (χ4n) is 5.65. The van der Waals surface area contributed by atoms with Crippen molar-refractivity contribution in [3.63, 3.8) is 0 Å². The molecule has 18 heteroatoms. The van der Waals surface area contributed by atoms with Crippen LogP contribution in [0, 0.1) is 0 Å². The third-order valence-corrected chi connectivity index (χ3v) is 12.3. The van der Waals surface area contributed by atoms with Gasteiger partial charge in [-0.05, 0) is 72.3 Å². The minimum Gasteiger partial charge on any atom is -0.616 e. The van der Waals surface area contributed by atoms with Gasteiger partial charge in [-0.3, -0.25) is 0 Å². The number of esters is 2. The van der Waals surface area contributed by atoms with Gasteiger partial charge in [0.2, 0.25) is 11.2 Å². The van der Waals surface area contributed by atoms with Crippen molar-refractivity contribution >= 4 is 80.7 Å². The van der Waals surface area contributed by atoms with Crippen LogP contribution in [0.5, 0.6) is 0 Å². The van der Waals surface area contributed by atoms with E-state index in [-0.39, 0.29) is 45.8 Å². The van der Waals surface area contributed by atoms with Crippen molar-refractivity contribution in [3.05, 3.63) is 92.9 Å². The molecular formula is C34H40Cl4N6O6S2. The average Bonchev–Trinajstić information content (AvgIpc) is 3.79. The van der Waals surface area contributed by atoms with Gasteiger partial charge in [0.1, 0.15) is 36.8 Å². The predicted octanol–water partition coefficient (Wildman–Crippen LogP) is 6.94. The largest absolute Gasteiger partial charge is 0.616 e. The van der Waals surface area contributed by atoms with Gasteiger partial charge in [-0.15, -0.1) is 0 Å². The van der Waals surface area contributed by atoms with Crippen LogP contribution in [0.25, 0.3) is 0 Å². The van der Waals surface area contributed by atoms with Crippen molar-refractivity contribution in [2.45, 2.75) is 76.7 Å². The first-order valence-electron chi connectivity index (χ1n) is 16.6. The highest BCUT2D eigenvalue weighted by Gasteiger charge is 2.49. The van der Waals surface area contributed by atoms with E-state index in [1.54, 1.807) is 24.3 Å². The monoisotopic (exact) mass is 832 g/mol. The zero-order chi connectivity index (χ0) is 37.7. The first-order chi connectivity index (χ1) is 24.9. The lowest BCUT2D eigenvalue weighted by Crippen LogP contribution is -2.48. The Morgan fingerprint density at radius 1 is 0.692 bits per heavy atom. The highest BCUT2D eigenvalue weighted by Crippen LogP contribution is 2.39. The van der Waals surface area contributed by atoms with E-state index in [0.29, 0.717) is 34.4 Å². The van der Waals surface area contributed by atoms with Crippen LogP contribution in [0.3, 0.4) is 0 Å². The lowest BCUT2D eigenvalue weighted by Gasteiger charge is -2.36. The molecule has 52 heavy (non-hydrogen) atoms. The average molecular weight is 835 g/mol. The van der Waals surface area contributed by atoms with Crippen LogP contribution in [0.4, 0.5) is 0 Å². The molecule has 0 amide bonds. The van der Waals surface area contributed by atoms with Crippen LogP contribution in [-0.2, 0) is 65.7 Å². The van der Waals surface area contributed by atoms with E-state index in [2.05, 4.69) is 20.2 Å². The van der Waals surface area contributed by atoms with Gasteiger partial charge in [-0.25, -0.2) is 28.9 Å². The molecule has 12 nitrogen and oxygen atoms in total. The molecule has 0 N–H and O–H groups in total. The van der Waals surface area contributed by atoms with E-state index in [1.807, 2.05) is 13.8 Å². The topological polar surface area (TPSA) is 160 Å². The highest BCUT2D eigenvalue weighted by molar-refractivity contribution is 7.91. The summed E-state index contributed by atoms with van der Waals surface area (Å²) in [5, 5.41) is 9.20.